The molecule has 0 saturated heterocycles. The fraction of sp³-hybridized carbons (Fsp3) is 0.222. The van der Waals surface area contributed by atoms with E-state index in [1.807, 2.05) is 49.4 Å². The van der Waals surface area contributed by atoms with Gasteiger partial charge >= 0.3 is 0 Å². The van der Waals surface area contributed by atoms with Crippen LogP contribution in [0.1, 0.15) is 18.9 Å². The zero-order valence-corrected chi connectivity index (χ0v) is 13.9. The Balaban J connectivity index is 1.78. The fourth-order valence-electron chi connectivity index (χ4n) is 3.07. The summed E-state index contributed by atoms with van der Waals surface area (Å²) in [6.45, 7) is 1.93. The fourth-order valence-corrected chi connectivity index (χ4v) is 3.07. The topological polar surface area (TPSA) is 97.6 Å². The Labute approximate surface area is 144 Å². The number of hydrogen-bond donors (Lipinski definition) is 1. The molecular weight excluding hydrogens is 318 g/mol. The summed E-state index contributed by atoms with van der Waals surface area (Å²) in [5, 5.41) is 7.70. The predicted octanol–water partition coefficient (Wildman–Crippen LogP) is 2.28. The van der Waals surface area contributed by atoms with Crippen molar-refractivity contribution >= 4 is 22.9 Å². The summed E-state index contributed by atoms with van der Waals surface area (Å²) in [5.41, 5.74) is 9.58. The molecule has 2 heterocycles. The number of nitrogens with two attached hydrogens (primary N) is 1. The minimum Gasteiger partial charge on any atom is -0.369 e. The molecule has 4 rings (SSSR count). The molecule has 1 amide bonds. The van der Waals surface area contributed by atoms with Crippen LogP contribution in [-0.4, -0.2) is 34.1 Å². The Kier molecular flexibility index (Phi) is 3.31. The van der Waals surface area contributed by atoms with Crippen molar-refractivity contribution in [1.29, 1.82) is 0 Å². The van der Waals surface area contributed by atoms with Crippen LogP contribution in [0.5, 0.6) is 0 Å². The molecule has 7 nitrogen and oxygen atoms in total. The van der Waals surface area contributed by atoms with Crippen LogP contribution in [0.2, 0.25) is 0 Å². The van der Waals surface area contributed by atoms with Crippen molar-refractivity contribution in [2.75, 3.05) is 7.05 Å². The number of rotatable bonds is 2. The summed E-state index contributed by atoms with van der Waals surface area (Å²) in [5.74, 6) is 0.190. The Hall–Kier alpha value is -3.22. The third kappa shape index (κ3) is 2.53. The highest BCUT2D eigenvalue weighted by molar-refractivity contribution is 5.98. The van der Waals surface area contributed by atoms with E-state index in [9.17, 15) is 4.79 Å². The van der Waals surface area contributed by atoms with Crippen molar-refractivity contribution in [2.24, 2.45) is 10.7 Å². The normalized spacial score (nSPS) is 20.8. The number of guanidine groups is 1. The number of carbonyl (C=O) groups excluding carboxylic acids is 1. The van der Waals surface area contributed by atoms with Gasteiger partial charge in [-0.25, -0.2) is 9.62 Å². The molecule has 0 saturated carbocycles. The van der Waals surface area contributed by atoms with Crippen LogP contribution in [0.25, 0.3) is 22.2 Å². The Morgan fingerprint density at radius 2 is 1.88 bits per heavy atom. The predicted molar refractivity (Wildman–Crippen MR) is 93.6 cm³/mol. The van der Waals surface area contributed by atoms with Gasteiger partial charge in [-0.05, 0) is 52.1 Å². The standard InChI is InChI=1S/C18H17N5O2/c1-18(10-16(24)23(2)17(19)20-18)13-5-3-4-11(8-13)12-6-7-14-15(9-12)22-25-21-14/h3-9H,10H2,1-2H3,(H2,19,20)/t18-/m0/s1. The van der Waals surface area contributed by atoms with E-state index in [0.29, 0.717) is 11.0 Å². The van der Waals surface area contributed by atoms with Gasteiger partial charge < -0.3 is 5.73 Å². The molecule has 1 aliphatic heterocycles. The van der Waals surface area contributed by atoms with Crippen LogP contribution in [0.3, 0.4) is 0 Å². The molecule has 126 valence electrons. The van der Waals surface area contributed by atoms with Crippen molar-refractivity contribution in [3.05, 3.63) is 48.0 Å². The number of benzene rings is 2. The first-order chi connectivity index (χ1) is 12.0. The molecule has 2 N–H and O–H groups in total. The first-order valence-electron chi connectivity index (χ1n) is 7.91. The monoisotopic (exact) mass is 335 g/mol. The molecule has 0 radical (unpaired) electrons. The highest BCUT2D eigenvalue weighted by Crippen LogP contribution is 2.35. The average Bonchev–Trinajstić information content (AvgIpc) is 3.07. The van der Waals surface area contributed by atoms with Gasteiger partial charge in [0.2, 0.25) is 5.91 Å². The van der Waals surface area contributed by atoms with Crippen LogP contribution >= 0.6 is 0 Å². The largest absolute Gasteiger partial charge is 0.369 e. The molecule has 0 fully saturated rings. The zero-order chi connectivity index (χ0) is 17.6. The second-order valence-corrected chi connectivity index (χ2v) is 6.42. The highest BCUT2D eigenvalue weighted by atomic mass is 16.6. The Bertz CT molecular complexity index is 1010. The van der Waals surface area contributed by atoms with E-state index in [4.69, 9.17) is 10.4 Å². The van der Waals surface area contributed by atoms with E-state index in [-0.39, 0.29) is 18.3 Å². The van der Waals surface area contributed by atoms with Gasteiger partial charge in [-0.2, -0.15) is 0 Å². The summed E-state index contributed by atoms with van der Waals surface area (Å²) in [6, 6.07) is 13.7. The molecule has 0 aliphatic carbocycles. The molecule has 0 bridgehead atoms. The van der Waals surface area contributed by atoms with Crippen LogP contribution in [-0.2, 0) is 10.3 Å². The van der Waals surface area contributed by atoms with E-state index in [1.165, 1.54) is 4.90 Å². The van der Waals surface area contributed by atoms with Crippen molar-refractivity contribution in [3.63, 3.8) is 0 Å². The summed E-state index contributed by atoms with van der Waals surface area (Å²) in [7, 11) is 1.64. The van der Waals surface area contributed by atoms with E-state index >= 15 is 0 Å². The van der Waals surface area contributed by atoms with Gasteiger partial charge in [-0.1, -0.05) is 24.3 Å². The lowest BCUT2D eigenvalue weighted by Crippen LogP contribution is -2.47. The van der Waals surface area contributed by atoms with Crippen LogP contribution < -0.4 is 5.73 Å². The van der Waals surface area contributed by atoms with Crippen molar-refractivity contribution in [3.8, 4) is 11.1 Å². The number of hydrogen-bond acceptors (Lipinski definition) is 6. The third-order valence-corrected chi connectivity index (χ3v) is 4.65. The SMILES string of the molecule is CN1C(=O)C[C@@](C)(c2cccc(-c3ccc4nonc4c3)c2)N=C1N. The van der Waals surface area contributed by atoms with Crippen molar-refractivity contribution in [1.82, 2.24) is 15.2 Å². The summed E-state index contributed by atoms with van der Waals surface area (Å²) < 4.78 is 4.75. The van der Waals surface area contributed by atoms with Crippen LogP contribution in [0, 0.1) is 0 Å². The second-order valence-electron chi connectivity index (χ2n) is 6.42. The van der Waals surface area contributed by atoms with Crippen LogP contribution in [0.15, 0.2) is 52.1 Å². The maximum atomic E-state index is 12.2. The number of aromatic nitrogens is 2. The zero-order valence-electron chi connectivity index (χ0n) is 13.9. The quantitative estimate of drug-likeness (QED) is 0.775. The van der Waals surface area contributed by atoms with E-state index in [2.05, 4.69) is 15.3 Å². The van der Waals surface area contributed by atoms with E-state index in [0.717, 1.165) is 16.7 Å². The minimum absolute atomic E-state index is 0.0458. The molecule has 0 unspecified atom stereocenters. The van der Waals surface area contributed by atoms with Gasteiger partial charge in [0.15, 0.2) is 5.96 Å². The number of fused-ring (bicyclic) bond motifs is 1. The molecule has 0 spiro atoms. The molecule has 3 aromatic rings. The maximum absolute atomic E-state index is 12.2. The Morgan fingerprint density at radius 1 is 1.12 bits per heavy atom. The second kappa shape index (κ2) is 5.41. The molecule has 1 aromatic heterocycles. The summed E-state index contributed by atoms with van der Waals surface area (Å²) in [4.78, 5) is 18.1. The van der Waals surface area contributed by atoms with Gasteiger partial charge in [0.1, 0.15) is 11.0 Å². The molecule has 2 aromatic carbocycles. The van der Waals surface area contributed by atoms with Gasteiger partial charge in [0.25, 0.3) is 0 Å². The lowest BCUT2D eigenvalue weighted by Gasteiger charge is -2.33. The third-order valence-electron chi connectivity index (χ3n) is 4.65. The van der Waals surface area contributed by atoms with E-state index in [1.54, 1.807) is 7.05 Å². The smallest absolute Gasteiger partial charge is 0.231 e. The molecule has 1 aliphatic rings. The summed E-state index contributed by atoms with van der Waals surface area (Å²) in [6.07, 6.45) is 0.278. The molecular formula is C18H17N5O2. The van der Waals surface area contributed by atoms with Gasteiger partial charge in [0, 0.05) is 7.05 Å². The number of carbonyl (C=O) groups is 1. The van der Waals surface area contributed by atoms with Crippen LogP contribution in [0.4, 0.5) is 0 Å². The first kappa shape index (κ1) is 15.3. The molecule has 25 heavy (non-hydrogen) atoms. The number of nitrogens with zero attached hydrogens (tertiary/aromatic N) is 4. The first-order valence-corrected chi connectivity index (χ1v) is 7.91. The average molecular weight is 335 g/mol. The van der Waals surface area contributed by atoms with Gasteiger partial charge in [-0.3, -0.25) is 9.69 Å². The number of aliphatic imine (C=N–C) groups is 1. The maximum Gasteiger partial charge on any atom is 0.231 e. The molecule has 1 atom stereocenters. The van der Waals surface area contributed by atoms with Gasteiger partial charge in [0.05, 0.1) is 12.0 Å². The molecule has 7 heteroatoms. The van der Waals surface area contributed by atoms with Crippen molar-refractivity contribution in [2.45, 2.75) is 18.9 Å². The van der Waals surface area contributed by atoms with Gasteiger partial charge in [-0.15, -0.1) is 0 Å². The Morgan fingerprint density at radius 3 is 2.68 bits per heavy atom. The number of amides is 1. The lowest BCUT2D eigenvalue weighted by atomic mass is 9.86. The highest BCUT2D eigenvalue weighted by Gasteiger charge is 2.36. The van der Waals surface area contributed by atoms with Crippen molar-refractivity contribution < 1.29 is 9.42 Å². The summed E-state index contributed by atoms with van der Waals surface area (Å²) >= 11 is 0. The minimum atomic E-state index is -0.677. The lowest BCUT2D eigenvalue weighted by molar-refractivity contribution is -0.128. The van der Waals surface area contributed by atoms with E-state index < -0.39 is 5.54 Å².